The summed E-state index contributed by atoms with van der Waals surface area (Å²) >= 11 is 6.13. The van der Waals surface area contributed by atoms with Crippen molar-refractivity contribution in [3.05, 3.63) is 64.3 Å². The van der Waals surface area contributed by atoms with Crippen LogP contribution in [0.4, 0.5) is 0 Å². The molecule has 0 saturated carbocycles. The molecule has 1 aromatic heterocycles. The van der Waals surface area contributed by atoms with E-state index in [1.807, 2.05) is 18.2 Å². The lowest BCUT2D eigenvalue weighted by atomic mass is 10.0. The molecule has 0 aliphatic carbocycles. The molecule has 2 heterocycles. The largest absolute Gasteiger partial charge is 0.493 e. The molecule has 1 aliphatic heterocycles. The highest BCUT2D eigenvalue weighted by molar-refractivity contribution is 6.30. The first kappa shape index (κ1) is 22.7. The highest BCUT2D eigenvalue weighted by Crippen LogP contribution is 2.31. The Morgan fingerprint density at radius 1 is 0.969 bits per heavy atom. The summed E-state index contributed by atoms with van der Waals surface area (Å²) < 4.78 is 13.1. The van der Waals surface area contributed by atoms with Crippen LogP contribution < -0.4 is 9.47 Å². The number of rotatable bonds is 8. The first-order valence-electron chi connectivity index (χ1n) is 11.4. The summed E-state index contributed by atoms with van der Waals surface area (Å²) in [6, 6.07) is 14.3. The predicted octanol–water partition coefficient (Wildman–Crippen LogP) is 5.62. The number of aryl methyl sites for hydroxylation is 1. The Balaban J connectivity index is 1.57. The van der Waals surface area contributed by atoms with Crippen molar-refractivity contribution in [3.8, 4) is 22.8 Å². The highest BCUT2D eigenvalue weighted by Gasteiger charge is 2.23. The van der Waals surface area contributed by atoms with Gasteiger partial charge in [-0.3, -0.25) is 9.58 Å². The normalized spacial score (nSPS) is 14.1. The summed E-state index contributed by atoms with van der Waals surface area (Å²) in [5.74, 6) is 1.55. The average molecular weight is 454 g/mol. The van der Waals surface area contributed by atoms with Crippen LogP contribution in [0.5, 0.6) is 11.5 Å². The van der Waals surface area contributed by atoms with Crippen LogP contribution in [0, 0.1) is 0 Å². The van der Waals surface area contributed by atoms with E-state index in [1.54, 1.807) is 14.2 Å². The molecule has 4 rings (SSSR count). The lowest BCUT2D eigenvalue weighted by Gasteiger charge is -2.21. The summed E-state index contributed by atoms with van der Waals surface area (Å²) in [5, 5.41) is 5.80. The molecule has 2 aromatic carbocycles. The Kier molecular flexibility index (Phi) is 7.38. The van der Waals surface area contributed by atoms with Gasteiger partial charge in [-0.25, -0.2) is 0 Å². The van der Waals surface area contributed by atoms with Crippen LogP contribution in [0.2, 0.25) is 5.02 Å². The van der Waals surface area contributed by atoms with Crippen LogP contribution in [0.3, 0.4) is 0 Å². The summed E-state index contributed by atoms with van der Waals surface area (Å²) in [7, 11) is 3.36. The third kappa shape index (κ3) is 4.94. The van der Waals surface area contributed by atoms with Crippen molar-refractivity contribution in [1.29, 1.82) is 0 Å². The van der Waals surface area contributed by atoms with Gasteiger partial charge in [0.1, 0.15) is 0 Å². The highest BCUT2D eigenvalue weighted by atomic mass is 35.5. The first-order chi connectivity index (χ1) is 15.6. The van der Waals surface area contributed by atoms with Gasteiger partial charge in [-0.2, -0.15) is 5.10 Å². The Labute approximate surface area is 195 Å². The number of aromatic nitrogens is 2. The number of unbranched alkanes of at least 4 members (excludes halogenated alkanes) is 1. The second-order valence-corrected chi connectivity index (χ2v) is 8.76. The maximum absolute atomic E-state index is 6.13. The minimum Gasteiger partial charge on any atom is -0.493 e. The molecule has 1 aliphatic rings. The number of halogens is 1. The lowest BCUT2D eigenvalue weighted by molar-refractivity contribution is 0.276. The van der Waals surface area contributed by atoms with Crippen molar-refractivity contribution in [2.24, 2.45) is 0 Å². The van der Waals surface area contributed by atoms with Crippen molar-refractivity contribution in [2.45, 2.75) is 45.7 Å². The Morgan fingerprint density at radius 3 is 2.44 bits per heavy atom. The second kappa shape index (κ2) is 10.4. The predicted molar refractivity (Wildman–Crippen MR) is 130 cm³/mol. The van der Waals surface area contributed by atoms with Gasteiger partial charge in [-0.1, -0.05) is 43.1 Å². The minimum atomic E-state index is 0.756. The first-order valence-corrected chi connectivity index (χ1v) is 11.8. The molecule has 0 unspecified atom stereocenters. The molecule has 3 aromatic rings. The van der Waals surface area contributed by atoms with E-state index < -0.39 is 0 Å². The number of fused-ring (bicyclic) bond motifs is 1. The van der Waals surface area contributed by atoms with Crippen LogP contribution in [-0.2, 0) is 25.9 Å². The van der Waals surface area contributed by atoms with Gasteiger partial charge in [0.25, 0.3) is 0 Å². The van der Waals surface area contributed by atoms with Gasteiger partial charge in [0.2, 0.25) is 0 Å². The zero-order valence-corrected chi connectivity index (χ0v) is 20.0. The third-order valence-corrected chi connectivity index (χ3v) is 6.46. The molecule has 0 spiro atoms. The van der Waals surface area contributed by atoms with Gasteiger partial charge in [-0.15, -0.1) is 0 Å². The Bertz CT molecular complexity index is 1050. The number of ether oxygens (including phenoxy) is 2. The molecule has 0 N–H and O–H groups in total. The van der Waals surface area contributed by atoms with Crippen molar-refractivity contribution in [1.82, 2.24) is 14.7 Å². The zero-order valence-electron chi connectivity index (χ0n) is 19.2. The molecular formula is C26H32ClN3O2. The second-order valence-electron chi connectivity index (χ2n) is 8.32. The average Bonchev–Trinajstić information content (AvgIpc) is 3.03. The molecule has 0 bridgehead atoms. The maximum atomic E-state index is 6.13. The molecule has 170 valence electrons. The van der Waals surface area contributed by atoms with E-state index >= 15 is 0 Å². The van der Waals surface area contributed by atoms with Gasteiger partial charge in [-0.05, 0) is 42.7 Å². The van der Waals surface area contributed by atoms with E-state index in [4.69, 9.17) is 26.2 Å². The van der Waals surface area contributed by atoms with Crippen molar-refractivity contribution < 1.29 is 9.47 Å². The van der Waals surface area contributed by atoms with Crippen molar-refractivity contribution in [2.75, 3.05) is 27.3 Å². The zero-order chi connectivity index (χ0) is 22.5. The van der Waals surface area contributed by atoms with Gasteiger partial charge in [0, 0.05) is 54.4 Å². The molecule has 0 atom stereocenters. The van der Waals surface area contributed by atoms with Gasteiger partial charge in [0.15, 0.2) is 11.5 Å². The summed E-state index contributed by atoms with van der Waals surface area (Å²) in [6.07, 6.45) is 4.31. The standard InChI is InChI=1S/C26H32ClN3O2/c1-4-5-14-30-23-13-16-29(18-19-6-11-24(31-2)25(17-19)32-3)15-12-22(23)26(28-30)20-7-9-21(27)10-8-20/h6-11,17H,4-5,12-16,18H2,1-3H3. The van der Waals surface area contributed by atoms with E-state index in [2.05, 4.69) is 40.8 Å². The Morgan fingerprint density at radius 2 is 1.72 bits per heavy atom. The minimum absolute atomic E-state index is 0.756. The van der Waals surface area contributed by atoms with Crippen LogP contribution in [0.15, 0.2) is 42.5 Å². The summed E-state index contributed by atoms with van der Waals surface area (Å²) in [6.45, 7) is 6.11. The number of benzene rings is 2. The van der Waals surface area contributed by atoms with Crippen LogP contribution in [-0.4, -0.2) is 42.0 Å². The molecule has 0 radical (unpaired) electrons. The summed E-state index contributed by atoms with van der Waals surface area (Å²) in [5.41, 5.74) is 6.27. The van der Waals surface area contributed by atoms with Crippen LogP contribution in [0.1, 0.15) is 36.6 Å². The fourth-order valence-electron chi connectivity index (χ4n) is 4.45. The van der Waals surface area contributed by atoms with Crippen molar-refractivity contribution >= 4 is 11.6 Å². The summed E-state index contributed by atoms with van der Waals surface area (Å²) in [4.78, 5) is 2.52. The topological polar surface area (TPSA) is 39.5 Å². The van der Waals surface area contributed by atoms with Crippen molar-refractivity contribution in [3.63, 3.8) is 0 Å². The molecule has 0 saturated heterocycles. The molecule has 0 amide bonds. The van der Waals surface area contributed by atoms with Gasteiger partial charge >= 0.3 is 0 Å². The number of nitrogens with zero attached hydrogens (tertiary/aromatic N) is 3. The van der Waals surface area contributed by atoms with E-state index in [-0.39, 0.29) is 0 Å². The van der Waals surface area contributed by atoms with Gasteiger partial charge in [0.05, 0.1) is 19.9 Å². The van der Waals surface area contributed by atoms with E-state index in [1.165, 1.54) is 16.8 Å². The fourth-order valence-corrected chi connectivity index (χ4v) is 4.58. The quantitative estimate of drug-likeness (QED) is 0.443. The van der Waals surface area contributed by atoms with E-state index in [9.17, 15) is 0 Å². The molecule has 5 nitrogen and oxygen atoms in total. The van der Waals surface area contributed by atoms with Gasteiger partial charge < -0.3 is 9.47 Å². The number of hydrogen-bond acceptors (Lipinski definition) is 4. The molecule has 6 heteroatoms. The fraction of sp³-hybridized carbons (Fsp3) is 0.423. The monoisotopic (exact) mass is 453 g/mol. The van der Waals surface area contributed by atoms with Crippen LogP contribution in [0.25, 0.3) is 11.3 Å². The maximum Gasteiger partial charge on any atom is 0.161 e. The third-order valence-electron chi connectivity index (χ3n) is 6.20. The number of methoxy groups -OCH3 is 2. The van der Waals surface area contributed by atoms with E-state index in [0.29, 0.717) is 0 Å². The molecular weight excluding hydrogens is 422 g/mol. The smallest absolute Gasteiger partial charge is 0.161 e. The SMILES string of the molecule is CCCCn1nc(-c2ccc(Cl)cc2)c2c1CCN(Cc1ccc(OC)c(OC)c1)CC2. The number of hydrogen-bond donors (Lipinski definition) is 0. The molecule has 32 heavy (non-hydrogen) atoms. The Hall–Kier alpha value is -2.50. The van der Waals surface area contributed by atoms with Crippen LogP contribution >= 0.6 is 11.6 Å². The van der Waals surface area contributed by atoms with E-state index in [0.717, 1.165) is 79.6 Å². The lowest BCUT2D eigenvalue weighted by Crippen LogP contribution is -2.26. The molecule has 0 fully saturated rings.